The van der Waals surface area contributed by atoms with Crippen LogP contribution in [0.5, 0.6) is 5.75 Å². The number of ether oxygens (including phenoxy) is 1. The molecule has 1 heterocycles. The van der Waals surface area contributed by atoms with Gasteiger partial charge in [0.15, 0.2) is 0 Å². The summed E-state index contributed by atoms with van der Waals surface area (Å²) < 4.78 is 5.93. The Kier molecular flexibility index (Phi) is 4.32. The normalized spacial score (nSPS) is 21.0. The van der Waals surface area contributed by atoms with Crippen molar-refractivity contribution < 1.29 is 4.74 Å². The Morgan fingerprint density at radius 1 is 1.05 bits per heavy atom. The lowest BCUT2D eigenvalue weighted by Gasteiger charge is -2.13. The molecule has 3 rings (SSSR count). The number of benzene rings is 2. The van der Waals surface area contributed by atoms with Crippen LogP contribution in [0.4, 0.5) is 5.69 Å². The second-order valence-corrected chi connectivity index (χ2v) is 6.07. The first-order chi connectivity index (χ1) is 10.6. The van der Waals surface area contributed by atoms with E-state index in [1.54, 1.807) is 0 Å². The van der Waals surface area contributed by atoms with Gasteiger partial charge in [-0.25, -0.2) is 5.43 Å². The number of nitrogens with one attached hydrogen (secondary N) is 2. The van der Waals surface area contributed by atoms with Crippen LogP contribution in [-0.4, -0.2) is 12.6 Å². The van der Waals surface area contributed by atoms with Crippen molar-refractivity contribution in [1.82, 2.24) is 10.9 Å². The smallest absolute Gasteiger partial charge is 0.119 e. The average Bonchev–Trinajstić information content (AvgIpc) is 2.94. The molecule has 116 valence electrons. The summed E-state index contributed by atoms with van der Waals surface area (Å²) in [7, 11) is 0. The van der Waals surface area contributed by atoms with Gasteiger partial charge >= 0.3 is 0 Å². The molecule has 1 saturated heterocycles. The Balaban J connectivity index is 1.55. The fourth-order valence-corrected chi connectivity index (χ4v) is 2.89. The number of hydrogen-bond acceptors (Lipinski definition) is 4. The summed E-state index contributed by atoms with van der Waals surface area (Å²) >= 11 is 0. The second kappa shape index (κ2) is 6.38. The molecule has 1 aliphatic rings. The maximum Gasteiger partial charge on any atom is 0.119 e. The van der Waals surface area contributed by atoms with Crippen molar-refractivity contribution in [2.45, 2.75) is 32.4 Å². The van der Waals surface area contributed by atoms with E-state index in [1.807, 2.05) is 12.1 Å². The van der Waals surface area contributed by atoms with Crippen LogP contribution in [-0.2, 0) is 0 Å². The SMILES string of the molecule is Cc1cc(C)cc(OCC2CC(c3ccc(N)cc3)NN2)c1. The van der Waals surface area contributed by atoms with E-state index in [0.717, 1.165) is 17.9 Å². The van der Waals surface area contributed by atoms with E-state index in [2.05, 4.69) is 55.0 Å². The lowest BCUT2D eigenvalue weighted by molar-refractivity contribution is 0.272. The van der Waals surface area contributed by atoms with Gasteiger partial charge in [0.25, 0.3) is 0 Å². The van der Waals surface area contributed by atoms with E-state index in [4.69, 9.17) is 10.5 Å². The minimum atomic E-state index is 0.295. The van der Waals surface area contributed by atoms with Gasteiger partial charge in [0.05, 0.1) is 6.04 Å². The van der Waals surface area contributed by atoms with E-state index in [0.29, 0.717) is 18.7 Å². The Morgan fingerprint density at radius 2 is 1.73 bits per heavy atom. The zero-order chi connectivity index (χ0) is 15.5. The molecule has 4 N–H and O–H groups in total. The average molecular weight is 297 g/mol. The highest BCUT2D eigenvalue weighted by atomic mass is 16.5. The number of hydrazine groups is 1. The summed E-state index contributed by atoms with van der Waals surface area (Å²) in [6, 6.07) is 14.9. The molecule has 2 atom stereocenters. The summed E-state index contributed by atoms with van der Waals surface area (Å²) in [6.07, 6.45) is 0.995. The van der Waals surface area contributed by atoms with Crippen LogP contribution in [0, 0.1) is 13.8 Å². The highest BCUT2D eigenvalue weighted by molar-refractivity contribution is 5.40. The van der Waals surface area contributed by atoms with E-state index in [9.17, 15) is 0 Å². The Bertz CT molecular complexity index is 619. The van der Waals surface area contributed by atoms with Gasteiger partial charge in [-0.1, -0.05) is 18.2 Å². The third-order valence-corrected chi connectivity index (χ3v) is 3.97. The molecule has 4 heteroatoms. The number of aryl methyl sites for hydroxylation is 2. The molecule has 0 bridgehead atoms. The fraction of sp³-hybridized carbons (Fsp3) is 0.333. The first-order valence-corrected chi connectivity index (χ1v) is 7.68. The Hall–Kier alpha value is -2.04. The molecule has 0 radical (unpaired) electrons. The molecule has 4 nitrogen and oxygen atoms in total. The summed E-state index contributed by atoms with van der Waals surface area (Å²) in [6.45, 7) is 4.83. The summed E-state index contributed by atoms with van der Waals surface area (Å²) in [5.41, 5.74) is 16.9. The van der Waals surface area contributed by atoms with Crippen LogP contribution >= 0.6 is 0 Å². The molecule has 0 saturated carbocycles. The van der Waals surface area contributed by atoms with Gasteiger partial charge in [-0.3, -0.25) is 5.43 Å². The standard InChI is InChI=1S/C18H23N3O/c1-12-7-13(2)9-17(8-12)22-11-16-10-18(21-20-16)14-3-5-15(19)6-4-14/h3-9,16,18,20-21H,10-11,19H2,1-2H3. The molecular formula is C18H23N3O. The molecular weight excluding hydrogens is 274 g/mol. The predicted octanol–water partition coefficient (Wildman–Crippen LogP) is 2.87. The summed E-state index contributed by atoms with van der Waals surface area (Å²) in [5, 5.41) is 0. The van der Waals surface area contributed by atoms with E-state index in [1.165, 1.54) is 16.7 Å². The van der Waals surface area contributed by atoms with Crippen molar-refractivity contribution in [3.8, 4) is 5.75 Å². The summed E-state index contributed by atoms with van der Waals surface area (Å²) in [4.78, 5) is 0. The molecule has 0 amide bonds. The minimum Gasteiger partial charge on any atom is -0.492 e. The Labute approximate surface area is 131 Å². The van der Waals surface area contributed by atoms with Crippen molar-refractivity contribution >= 4 is 5.69 Å². The van der Waals surface area contributed by atoms with Gasteiger partial charge in [0, 0.05) is 11.7 Å². The van der Waals surface area contributed by atoms with Gasteiger partial charge < -0.3 is 10.5 Å². The first-order valence-electron chi connectivity index (χ1n) is 7.68. The third-order valence-electron chi connectivity index (χ3n) is 3.97. The third kappa shape index (κ3) is 3.59. The molecule has 2 aromatic carbocycles. The van der Waals surface area contributed by atoms with Crippen LogP contribution < -0.4 is 21.3 Å². The number of nitrogens with two attached hydrogens (primary N) is 1. The zero-order valence-corrected chi connectivity index (χ0v) is 13.1. The van der Waals surface area contributed by atoms with Crippen molar-refractivity contribution in [1.29, 1.82) is 0 Å². The first kappa shape index (κ1) is 14.9. The van der Waals surface area contributed by atoms with E-state index >= 15 is 0 Å². The molecule has 22 heavy (non-hydrogen) atoms. The molecule has 0 aliphatic carbocycles. The maximum atomic E-state index is 5.93. The fourth-order valence-electron chi connectivity index (χ4n) is 2.89. The number of nitrogen functional groups attached to an aromatic ring is 1. The van der Waals surface area contributed by atoms with Crippen LogP contribution in [0.2, 0.25) is 0 Å². The van der Waals surface area contributed by atoms with Crippen LogP contribution in [0.1, 0.15) is 29.2 Å². The minimum absolute atomic E-state index is 0.295. The molecule has 0 spiro atoms. The van der Waals surface area contributed by atoms with Crippen LogP contribution in [0.15, 0.2) is 42.5 Å². The second-order valence-electron chi connectivity index (χ2n) is 6.07. The molecule has 2 unspecified atom stereocenters. The number of rotatable bonds is 4. The highest BCUT2D eigenvalue weighted by Gasteiger charge is 2.25. The van der Waals surface area contributed by atoms with Crippen molar-refractivity contribution in [2.75, 3.05) is 12.3 Å². The quantitative estimate of drug-likeness (QED) is 0.760. The van der Waals surface area contributed by atoms with E-state index in [-0.39, 0.29) is 0 Å². The monoisotopic (exact) mass is 297 g/mol. The zero-order valence-electron chi connectivity index (χ0n) is 13.1. The van der Waals surface area contributed by atoms with Gasteiger partial charge in [-0.05, 0) is 61.2 Å². The molecule has 2 aromatic rings. The predicted molar refractivity (Wildman–Crippen MR) is 89.7 cm³/mol. The van der Waals surface area contributed by atoms with Crippen LogP contribution in [0.25, 0.3) is 0 Å². The van der Waals surface area contributed by atoms with Gasteiger partial charge in [-0.15, -0.1) is 0 Å². The topological polar surface area (TPSA) is 59.3 Å². The number of hydrogen-bond donors (Lipinski definition) is 3. The van der Waals surface area contributed by atoms with Gasteiger partial charge in [0.2, 0.25) is 0 Å². The maximum absolute atomic E-state index is 5.93. The van der Waals surface area contributed by atoms with Gasteiger partial charge in [-0.2, -0.15) is 0 Å². The molecule has 0 aromatic heterocycles. The van der Waals surface area contributed by atoms with Crippen molar-refractivity contribution in [3.63, 3.8) is 0 Å². The van der Waals surface area contributed by atoms with Crippen molar-refractivity contribution in [2.24, 2.45) is 0 Å². The molecule has 1 fully saturated rings. The van der Waals surface area contributed by atoms with Crippen molar-refractivity contribution in [3.05, 3.63) is 59.2 Å². The lowest BCUT2D eigenvalue weighted by atomic mass is 10.0. The number of anilines is 1. The summed E-state index contributed by atoms with van der Waals surface area (Å²) in [5.74, 6) is 0.940. The molecule has 1 aliphatic heterocycles. The largest absolute Gasteiger partial charge is 0.492 e. The van der Waals surface area contributed by atoms with Gasteiger partial charge in [0.1, 0.15) is 12.4 Å². The lowest BCUT2D eigenvalue weighted by Crippen LogP contribution is -2.34. The highest BCUT2D eigenvalue weighted by Crippen LogP contribution is 2.24. The van der Waals surface area contributed by atoms with E-state index < -0.39 is 0 Å². The Morgan fingerprint density at radius 3 is 2.41 bits per heavy atom. The van der Waals surface area contributed by atoms with Crippen LogP contribution in [0.3, 0.4) is 0 Å².